The van der Waals surface area contributed by atoms with Crippen molar-refractivity contribution in [3.63, 3.8) is 0 Å². The van der Waals surface area contributed by atoms with Gasteiger partial charge in [0.05, 0.1) is 5.54 Å². The van der Waals surface area contributed by atoms with E-state index in [0.717, 1.165) is 22.4 Å². The summed E-state index contributed by atoms with van der Waals surface area (Å²) in [5.41, 5.74) is 1.08. The Hall–Kier alpha value is -3.84. The fraction of sp³-hybridized carbons (Fsp3) is 0.286. The van der Waals surface area contributed by atoms with Crippen LogP contribution in [0.5, 0.6) is 5.75 Å². The van der Waals surface area contributed by atoms with E-state index in [9.17, 15) is 9.90 Å². The summed E-state index contributed by atoms with van der Waals surface area (Å²) in [4.78, 5) is 12.6. The molecule has 1 unspecified atom stereocenters. The summed E-state index contributed by atoms with van der Waals surface area (Å²) in [7, 11) is 0. The number of hydrogen-bond donors (Lipinski definition) is 3. The van der Waals surface area contributed by atoms with Gasteiger partial charge in [0, 0.05) is 22.7 Å². The highest BCUT2D eigenvalue weighted by atomic mass is 35.5. The van der Waals surface area contributed by atoms with Gasteiger partial charge < -0.3 is 19.9 Å². The summed E-state index contributed by atoms with van der Waals surface area (Å²) >= 11 is 6.35. The lowest BCUT2D eigenvalue weighted by atomic mass is 9.87. The second kappa shape index (κ2) is 13.0. The molecule has 4 rings (SSSR count). The number of carbonyl (C=O) groups excluding carboxylic acids is 1. The van der Waals surface area contributed by atoms with Gasteiger partial charge in [-0.05, 0) is 81.6 Å². The van der Waals surface area contributed by atoms with E-state index in [2.05, 4.69) is 10.6 Å². The maximum atomic E-state index is 12.6. The fourth-order valence-electron chi connectivity index (χ4n) is 4.52. The first-order chi connectivity index (χ1) is 19.8. The molecule has 0 heterocycles. The van der Waals surface area contributed by atoms with Crippen molar-refractivity contribution in [2.75, 3.05) is 0 Å². The highest BCUT2D eigenvalue weighted by Crippen LogP contribution is 2.32. The van der Waals surface area contributed by atoms with E-state index in [1.807, 2.05) is 120 Å². The van der Waals surface area contributed by atoms with Crippen molar-refractivity contribution in [1.82, 2.24) is 10.6 Å². The summed E-state index contributed by atoms with van der Waals surface area (Å²) in [6, 6.07) is 32.4. The largest absolute Gasteiger partial charge is 0.489 e. The van der Waals surface area contributed by atoms with Crippen LogP contribution >= 0.6 is 11.6 Å². The first kappa shape index (κ1) is 31.1. The number of rotatable bonds is 10. The smallest absolute Gasteiger partial charge is 0.408 e. The van der Waals surface area contributed by atoms with E-state index >= 15 is 0 Å². The summed E-state index contributed by atoms with van der Waals surface area (Å²) < 4.78 is 11.4. The molecule has 4 aromatic carbocycles. The quantitative estimate of drug-likeness (QED) is 0.166. The van der Waals surface area contributed by atoms with Crippen LogP contribution in [0.1, 0.15) is 62.4 Å². The van der Waals surface area contributed by atoms with Gasteiger partial charge in [-0.1, -0.05) is 84.4 Å². The first-order valence-corrected chi connectivity index (χ1v) is 14.3. The van der Waals surface area contributed by atoms with Crippen LogP contribution in [0, 0.1) is 0 Å². The number of carbonyl (C=O) groups is 1. The Morgan fingerprint density at radius 2 is 1.38 bits per heavy atom. The Morgan fingerprint density at radius 3 is 2.02 bits per heavy atom. The van der Waals surface area contributed by atoms with Crippen molar-refractivity contribution in [3.8, 4) is 5.75 Å². The summed E-state index contributed by atoms with van der Waals surface area (Å²) in [6.07, 6.45) is -0.516. The average Bonchev–Trinajstić information content (AvgIpc) is 2.94. The maximum absolute atomic E-state index is 12.6. The number of benzene rings is 4. The van der Waals surface area contributed by atoms with Gasteiger partial charge in [-0.2, -0.15) is 0 Å². The summed E-state index contributed by atoms with van der Waals surface area (Å²) in [6.45, 7) is 10.1. The van der Waals surface area contributed by atoms with Crippen LogP contribution < -0.4 is 15.4 Å². The van der Waals surface area contributed by atoms with E-state index in [-0.39, 0.29) is 0 Å². The molecule has 3 N–H and O–H groups in total. The Bertz CT molecular complexity index is 1480. The zero-order valence-corrected chi connectivity index (χ0v) is 25.5. The number of halogens is 1. The molecule has 0 fully saturated rings. The molecule has 4 aromatic rings. The number of alkyl carbamates (subject to hydrolysis) is 1. The molecule has 1 atom stereocenters. The Balaban J connectivity index is 1.55. The van der Waals surface area contributed by atoms with Crippen LogP contribution in [-0.4, -0.2) is 16.8 Å². The van der Waals surface area contributed by atoms with Gasteiger partial charge in [-0.3, -0.25) is 5.32 Å². The number of ether oxygens (including phenoxy) is 2. The summed E-state index contributed by atoms with van der Waals surface area (Å²) in [5.74, 6) is 0.764. The molecular weight excluding hydrogens is 548 g/mol. The fourth-order valence-corrected chi connectivity index (χ4v) is 4.71. The normalized spacial score (nSPS) is 13.2. The van der Waals surface area contributed by atoms with Gasteiger partial charge in [0.1, 0.15) is 18.0 Å². The first-order valence-electron chi connectivity index (χ1n) is 14.0. The monoisotopic (exact) mass is 586 g/mol. The van der Waals surface area contributed by atoms with Gasteiger partial charge in [0.25, 0.3) is 0 Å². The highest BCUT2D eigenvalue weighted by molar-refractivity contribution is 6.30. The minimum Gasteiger partial charge on any atom is -0.489 e. The Morgan fingerprint density at radius 1 is 0.762 bits per heavy atom. The summed E-state index contributed by atoms with van der Waals surface area (Å²) in [5, 5.41) is 19.0. The van der Waals surface area contributed by atoms with Crippen molar-refractivity contribution < 1.29 is 19.4 Å². The minimum absolute atomic E-state index is 0.367. The molecule has 0 saturated carbocycles. The number of amides is 1. The molecule has 0 aliphatic rings. The zero-order valence-electron chi connectivity index (χ0n) is 24.8. The van der Waals surface area contributed by atoms with Crippen LogP contribution in [0.2, 0.25) is 5.02 Å². The SMILES string of the molecule is CC(C)(C)OC(=O)NC(C)(C)c1cccc(C(O)(NCc2ccc(OCc3ccccc3)cc2)c2cccc(Cl)c2)c1. The highest BCUT2D eigenvalue weighted by Gasteiger charge is 2.34. The van der Waals surface area contributed by atoms with E-state index in [0.29, 0.717) is 29.3 Å². The third-order valence-corrected chi connectivity index (χ3v) is 7.01. The predicted octanol–water partition coefficient (Wildman–Crippen LogP) is 7.66. The molecule has 0 spiro atoms. The van der Waals surface area contributed by atoms with Crippen molar-refractivity contribution >= 4 is 17.7 Å². The van der Waals surface area contributed by atoms with Gasteiger partial charge in [0.15, 0.2) is 5.72 Å². The second-order valence-electron chi connectivity index (χ2n) is 11.8. The lowest BCUT2D eigenvalue weighted by Gasteiger charge is -2.33. The van der Waals surface area contributed by atoms with Crippen LogP contribution in [0.3, 0.4) is 0 Å². The molecule has 0 bridgehead atoms. The van der Waals surface area contributed by atoms with E-state index < -0.39 is 23.0 Å². The lowest BCUT2D eigenvalue weighted by Crippen LogP contribution is -2.45. The van der Waals surface area contributed by atoms with Crippen LogP contribution in [0.4, 0.5) is 4.79 Å². The van der Waals surface area contributed by atoms with E-state index in [4.69, 9.17) is 21.1 Å². The number of hydrogen-bond acceptors (Lipinski definition) is 5. The molecule has 0 aliphatic carbocycles. The molecule has 220 valence electrons. The molecule has 42 heavy (non-hydrogen) atoms. The van der Waals surface area contributed by atoms with Crippen molar-refractivity contribution in [1.29, 1.82) is 0 Å². The Labute approximate surface area is 253 Å². The topological polar surface area (TPSA) is 79.8 Å². The maximum Gasteiger partial charge on any atom is 0.408 e. The van der Waals surface area contributed by atoms with Gasteiger partial charge >= 0.3 is 6.09 Å². The molecule has 0 aromatic heterocycles. The zero-order chi connectivity index (χ0) is 30.4. The van der Waals surface area contributed by atoms with Crippen LogP contribution in [0.25, 0.3) is 0 Å². The standard InChI is InChI=1S/C35H39ClN2O4/c1-33(2,3)42-32(39)38-34(4,5)27-13-9-14-28(21-27)35(40,29-15-10-16-30(36)22-29)37-23-25-17-19-31(20-18-25)41-24-26-11-7-6-8-12-26/h6-22,37,40H,23-24H2,1-5H3,(H,38,39). The molecular formula is C35H39ClN2O4. The van der Waals surface area contributed by atoms with Gasteiger partial charge in [-0.15, -0.1) is 0 Å². The van der Waals surface area contributed by atoms with Crippen molar-refractivity contribution in [2.45, 2.75) is 64.6 Å². The third-order valence-electron chi connectivity index (χ3n) is 6.78. The molecule has 0 aliphatic heterocycles. The molecule has 0 saturated heterocycles. The molecule has 1 amide bonds. The Kier molecular flexibility index (Phi) is 9.62. The van der Waals surface area contributed by atoms with Crippen molar-refractivity contribution in [3.05, 3.63) is 136 Å². The van der Waals surface area contributed by atoms with Crippen LogP contribution in [0.15, 0.2) is 103 Å². The number of nitrogens with one attached hydrogen (secondary N) is 2. The average molecular weight is 587 g/mol. The third kappa shape index (κ3) is 8.35. The van der Waals surface area contributed by atoms with Gasteiger partial charge in [-0.25, -0.2) is 4.79 Å². The minimum atomic E-state index is -1.58. The van der Waals surface area contributed by atoms with Crippen LogP contribution in [-0.2, 0) is 29.2 Å². The molecule has 6 nitrogen and oxygen atoms in total. The molecule has 7 heteroatoms. The van der Waals surface area contributed by atoms with E-state index in [1.165, 1.54) is 0 Å². The van der Waals surface area contributed by atoms with Crippen molar-refractivity contribution in [2.24, 2.45) is 0 Å². The predicted molar refractivity (Wildman–Crippen MR) is 167 cm³/mol. The van der Waals surface area contributed by atoms with E-state index in [1.54, 1.807) is 18.2 Å². The lowest BCUT2D eigenvalue weighted by molar-refractivity contribution is 0.0406. The van der Waals surface area contributed by atoms with Gasteiger partial charge in [0.2, 0.25) is 0 Å². The number of aliphatic hydroxyl groups is 1. The molecule has 0 radical (unpaired) electrons. The second-order valence-corrected chi connectivity index (χ2v) is 12.3.